The first-order valence-corrected chi connectivity index (χ1v) is 7.70. The molecule has 3 heteroatoms. The van der Waals surface area contributed by atoms with Crippen molar-refractivity contribution in [3.8, 4) is 0 Å². The van der Waals surface area contributed by atoms with Crippen molar-refractivity contribution in [3.05, 3.63) is 34.0 Å². The van der Waals surface area contributed by atoms with E-state index in [1.165, 1.54) is 11.1 Å². The molecule has 0 radical (unpaired) electrons. The largest absolute Gasteiger partial charge is 0.458 e. The van der Waals surface area contributed by atoms with Crippen LogP contribution in [0.4, 0.5) is 0 Å². The van der Waals surface area contributed by atoms with Crippen LogP contribution in [-0.4, -0.2) is 6.54 Å². The van der Waals surface area contributed by atoms with Gasteiger partial charge in [-0.2, -0.15) is 0 Å². The number of benzene rings is 1. The van der Waals surface area contributed by atoms with Crippen molar-refractivity contribution in [2.75, 3.05) is 6.54 Å². The molecule has 0 amide bonds. The van der Waals surface area contributed by atoms with E-state index in [-0.39, 0.29) is 0 Å². The Balaban J connectivity index is 2.43. The van der Waals surface area contributed by atoms with Crippen LogP contribution in [0.25, 0.3) is 11.0 Å². The van der Waals surface area contributed by atoms with Crippen LogP contribution in [0.15, 0.2) is 16.5 Å². The molecule has 1 aromatic carbocycles. The summed E-state index contributed by atoms with van der Waals surface area (Å²) in [6.07, 6.45) is 0. The summed E-state index contributed by atoms with van der Waals surface area (Å²) in [6.45, 7) is 12.6. The Labute approximate surface area is 126 Å². The third-order valence-corrected chi connectivity index (χ3v) is 3.70. The van der Waals surface area contributed by atoms with Crippen LogP contribution in [-0.2, 0) is 6.54 Å². The fraction of sp³-hybridized carbons (Fsp3) is 0.529. The molecule has 0 fully saturated rings. The van der Waals surface area contributed by atoms with Gasteiger partial charge in [-0.3, -0.25) is 0 Å². The van der Waals surface area contributed by atoms with E-state index in [0.717, 1.165) is 29.8 Å². The lowest BCUT2D eigenvalue weighted by Gasteiger charge is -2.09. The second-order valence-corrected chi connectivity index (χ2v) is 6.65. The van der Waals surface area contributed by atoms with Gasteiger partial charge in [-0.05, 0) is 43.0 Å². The first kappa shape index (κ1) is 15.4. The second kappa shape index (κ2) is 6.19. The minimum atomic E-state index is 0.421. The summed E-state index contributed by atoms with van der Waals surface area (Å²) in [5, 5.41) is 5.32. The third kappa shape index (κ3) is 3.18. The summed E-state index contributed by atoms with van der Waals surface area (Å²) < 4.78 is 6.03. The highest BCUT2D eigenvalue weighted by Crippen LogP contribution is 2.36. The van der Waals surface area contributed by atoms with Crippen molar-refractivity contribution in [2.45, 2.75) is 47.1 Å². The maximum Gasteiger partial charge on any atom is 0.153 e. The smallest absolute Gasteiger partial charge is 0.153 e. The lowest BCUT2D eigenvalue weighted by Crippen LogP contribution is -2.19. The van der Waals surface area contributed by atoms with Gasteiger partial charge in [-0.1, -0.05) is 39.3 Å². The molecule has 1 aromatic heterocycles. The molecule has 0 aliphatic heterocycles. The average molecular weight is 294 g/mol. The summed E-state index contributed by atoms with van der Waals surface area (Å²) in [4.78, 5) is 0. The molecule has 1 heterocycles. The molecule has 0 unspecified atom stereocenters. The van der Waals surface area contributed by atoms with E-state index in [4.69, 9.17) is 16.0 Å². The van der Waals surface area contributed by atoms with Crippen molar-refractivity contribution >= 4 is 22.6 Å². The van der Waals surface area contributed by atoms with Crippen molar-refractivity contribution in [1.29, 1.82) is 0 Å². The molecule has 2 rings (SSSR count). The highest BCUT2D eigenvalue weighted by atomic mass is 35.5. The molecule has 0 saturated heterocycles. The first-order chi connectivity index (χ1) is 9.40. The van der Waals surface area contributed by atoms with Crippen molar-refractivity contribution in [3.63, 3.8) is 0 Å². The number of halogens is 1. The topological polar surface area (TPSA) is 25.2 Å². The molecule has 0 atom stereocenters. The Hall–Kier alpha value is -0.990. The van der Waals surface area contributed by atoms with Gasteiger partial charge in [-0.25, -0.2) is 0 Å². The number of rotatable bonds is 5. The van der Waals surface area contributed by atoms with E-state index in [2.05, 4.69) is 46.0 Å². The van der Waals surface area contributed by atoms with E-state index in [9.17, 15) is 0 Å². The monoisotopic (exact) mass is 293 g/mol. The van der Waals surface area contributed by atoms with Gasteiger partial charge in [0, 0.05) is 10.9 Å². The molecular weight excluding hydrogens is 270 g/mol. The first-order valence-electron chi connectivity index (χ1n) is 7.32. The molecule has 110 valence electrons. The minimum absolute atomic E-state index is 0.421. The lowest BCUT2D eigenvalue weighted by atomic mass is 9.98. The van der Waals surface area contributed by atoms with E-state index in [1.807, 2.05) is 6.07 Å². The lowest BCUT2D eigenvalue weighted by molar-refractivity contribution is 0.478. The van der Waals surface area contributed by atoms with Gasteiger partial charge in [0.25, 0.3) is 0 Å². The zero-order valence-corrected chi connectivity index (χ0v) is 13.8. The Bertz CT molecular complexity index is 599. The standard InChI is InChI=1S/C17H24ClNO/c1-10(2)8-19-9-15-16(11(3)4)13-6-12(5)7-14(18)17(13)20-15/h6-7,10-11,19H,8-9H2,1-5H3. The fourth-order valence-electron chi connectivity index (χ4n) is 2.60. The molecule has 0 aliphatic carbocycles. The minimum Gasteiger partial charge on any atom is -0.458 e. The highest BCUT2D eigenvalue weighted by molar-refractivity contribution is 6.35. The van der Waals surface area contributed by atoms with Gasteiger partial charge in [0.05, 0.1) is 11.6 Å². The van der Waals surface area contributed by atoms with Gasteiger partial charge >= 0.3 is 0 Å². The van der Waals surface area contributed by atoms with Crippen molar-refractivity contribution in [2.24, 2.45) is 5.92 Å². The molecular formula is C17H24ClNO. The number of nitrogens with one attached hydrogen (secondary N) is 1. The zero-order valence-electron chi connectivity index (χ0n) is 13.0. The molecule has 20 heavy (non-hydrogen) atoms. The van der Waals surface area contributed by atoms with Gasteiger partial charge in [0.15, 0.2) is 5.58 Å². The van der Waals surface area contributed by atoms with Crippen LogP contribution in [0.1, 0.15) is 50.5 Å². The van der Waals surface area contributed by atoms with E-state index in [0.29, 0.717) is 16.9 Å². The average Bonchev–Trinajstić information content (AvgIpc) is 2.67. The SMILES string of the molecule is Cc1cc(Cl)c2oc(CNCC(C)C)c(C(C)C)c2c1. The normalized spacial score (nSPS) is 12.0. The summed E-state index contributed by atoms with van der Waals surface area (Å²) in [7, 11) is 0. The Kier molecular flexibility index (Phi) is 4.77. The maximum atomic E-state index is 6.32. The highest BCUT2D eigenvalue weighted by Gasteiger charge is 2.18. The van der Waals surface area contributed by atoms with Crippen LogP contribution < -0.4 is 5.32 Å². The summed E-state index contributed by atoms with van der Waals surface area (Å²) >= 11 is 6.32. The van der Waals surface area contributed by atoms with Crippen LogP contribution >= 0.6 is 11.6 Å². The molecule has 2 nitrogen and oxygen atoms in total. The fourth-order valence-corrected chi connectivity index (χ4v) is 2.91. The number of hydrogen-bond acceptors (Lipinski definition) is 2. The number of hydrogen-bond donors (Lipinski definition) is 1. The van der Waals surface area contributed by atoms with Crippen LogP contribution in [0.5, 0.6) is 0 Å². The van der Waals surface area contributed by atoms with Gasteiger partial charge in [-0.15, -0.1) is 0 Å². The Morgan fingerprint density at radius 1 is 1.20 bits per heavy atom. The second-order valence-electron chi connectivity index (χ2n) is 6.24. The predicted octanol–water partition coefficient (Wildman–Crippen LogP) is 5.26. The Morgan fingerprint density at radius 3 is 2.50 bits per heavy atom. The molecule has 0 aliphatic rings. The zero-order chi connectivity index (χ0) is 14.9. The maximum absolute atomic E-state index is 6.32. The summed E-state index contributed by atoms with van der Waals surface area (Å²) in [5.74, 6) is 2.07. The molecule has 0 spiro atoms. The third-order valence-electron chi connectivity index (χ3n) is 3.42. The summed E-state index contributed by atoms with van der Waals surface area (Å²) in [6, 6.07) is 4.13. The molecule has 2 aromatic rings. The number of fused-ring (bicyclic) bond motifs is 1. The van der Waals surface area contributed by atoms with Crippen LogP contribution in [0, 0.1) is 12.8 Å². The quantitative estimate of drug-likeness (QED) is 0.813. The van der Waals surface area contributed by atoms with E-state index >= 15 is 0 Å². The van der Waals surface area contributed by atoms with Gasteiger partial charge < -0.3 is 9.73 Å². The molecule has 0 saturated carbocycles. The Morgan fingerprint density at radius 2 is 1.90 bits per heavy atom. The van der Waals surface area contributed by atoms with Crippen LogP contribution in [0.3, 0.4) is 0 Å². The van der Waals surface area contributed by atoms with Crippen LogP contribution in [0.2, 0.25) is 5.02 Å². The van der Waals surface area contributed by atoms with Gasteiger partial charge in [0.1, 0.15) is 5.76 Å². The number of furan rings is 1. The van der Waals surface area contributed by atoms with Crippen molar-refractivity contribution in [1.82, 2.24) is 5.32 Å². The van der Waals surface area contributed by atoms with Gasteiger partial charge in [0.2, 0.25) is 0 Å². The number of aryl methyl sites for hydroxylation is 1. The summed E-state index contributed by atoms with van der Waals surface area (Å²) in [5.41, 5.74) is 3.27. The van der Waals surface area contributed by atoms with E-state index in [1.54, 1.807) is 0 Å². The molecule has 1 N–H and O–H groups in total. The van der Waals surface area contributed by atoms with E-state index < -0.39 is 0 Å². The predicted molar refractivity (Wildman–Crippen MR) is 86.6 cm³/mol. The van der Waals surface area contributed by atoms with Crippen molar-refractivity contribution < 1.29 is 4.42 Å². The molecule has 0 bridgehead atoms.